The fraction of sp³-hybridized carbons (Fsp3) is 0.421. The Balaban J connectivity index is 1.58. The Morgan fingerprint density at radius 2 is 1.78 bits per heavy atom. The summed E-state index contributed by atoms with van der Waals surface area (Å²) in [5, 5.41) is 0. The van der Waals surface area contributed by atoms with E-state index in [1.165, 1.54) is 0 Å². The zero-order valence-corrected chi connectivity index (χ0v) is 15.5. The Morgan fingerprint density at radius 1 is 1.11 bits per heavy atom. The van der Waals surface area contributed by atoms with E-state index in [1.807, 2.05) is 18.2 Å². The van der Waals surface area contributed by atoms with Crippen molar-refractivity contribution in [2.24, 2.45) is 0 Å². The number of hydrogen-bond acceptors (Lipinski definition) is 7. The second kappa shape index (κ2) is 11.2. The van der Waals surface area contributed by atoms with Gasteiger partial charge in [-0.1, -0.05) is 30.4 Å². The molecule has 8 heteroatoms. The first-order valence-corrected chi connectivity index (χ1v) is 8.99. The van der Waals surface area contributed by atoms with Gasteiger partial charge in [0.1, 0.15) is 0 Å². The molecule has 7 nitrogen and oxygen atoms in total. The van der Waals surface area contributed by atoms with Crippen LogP contribution < -0.4 is 0 Å². The third-order valence-electron chi connectivity index (χ3n) is 3.83. The summed E-state index contributed by atoms with van der Waals surface area (Å²) in [5.74, 6) is -1.14. The number of carbonyl (C=O) groups excluding carboxylic acids is 3. The number of carbonyl (C=O) groups is 3. The minimum absolute atomic E-state index is 0.0665. The van der Waals surface area contributed by atoms with E-state index in [2.05, 4.69) is 0 Å². The lowest BCUT2D eigenvalue weighted by molar-refractivity contribution is -0.145. The Labute approximate surface area is 159 Å². The molecule has 0 N–H and O–H groups in total. The summed E-state index contributed by atoms with van der Waals surface area (Å²) < 4.78 is 15.4. The molecule has 0 amide bonds. The Morgan fingerprint density at radius 3 is 2.44 bits per heavy atom. The second-order valence-corrected chi connectivity index (χ2v) is 6.29. The van der Waals surface area contributed by atoms with Gasteiger partial charge >= 0.3 is 25.0 Å². The number of nitrogens with zero attached hydrogens (tertiary/aromatic N) is 1. The number of rotatable bonds is 8. The fourth-order valence-electron chi connectivity index (χ4n) is 2.50. The molecule has 1 aliphatic heterocycles. The van der Waals surface area contributed by atoms with Crippen molar-refractivity contribution in [2.75, 3.05) is 26.7 Å². The Bertz CT molecular complexity index is 643. The molecule has 1 aliphatic rings. The smallest absolute Gasteiger partial charge is 0.498 e. The maximum atomic E-state index is 11.8. The number of likely N-dealkylation sites (N-methyl/N-ethyl adjacent to an activating group) is 1. The van der Waals surface area contributed by atoms with Gasteiger partial charge in [-0.05, 0) is 38.4 Å². The van der Waals surface area contributed by atoms with Gasteiger partial charge in [0, 0.05) is 6.32 Å². The van der Waals surface area contributed by atoms with E-state index in [-0.39, 0.29) is 19.1 Å². The van der Waals surface area contributed by atoms with Crippen molar-refractivity contribution in [3.63, 3.8) is 0 Å². The molecular formula is C19H24BNO6. The molecule has 1 saturated heterocycles. The van der Waals surface area contributed by atoms with E-state index in [9.17, 15) is 14.4 Å². The van der Waals surface area contributed by atoms with Crippen LogP contribution in [0.25, 0.3) is 0 Å². The molecule has 1 aromatic rings. The van der Waals surface area contributed by atoms with Crippen LogP contribution in [0.1, 0.15) is 29.6 Å². The lowest BCUT2D eigenvalue weighted by atomic mass is 9.84. The van der Waals surface area contributed by atoms with Gasteiger partial charge in [0.25, 0.3) is 0 Å². The number of benzene rings is 1. The van der Waals surface area contributed by atoms with Gasteiger partial charge in [0.2, 0.25) is 0 Å². The molecule has 1 heterocycles. The first kappa shape index (κ1) is 20.7. The van der Waals surface area contributed by atoms with Gasteiger partial charge < -0.3 is 14.0 Å². The third-order valence-corrected chi connectivity index (χ3v) is 3.83. The third kappa shape index (κ3) is 8.08. The topological polar surface area (TPSA) is 82.1 Å². The summed E-state index contributed by atoms with van der Waals surface area (Å²) in [7, 11) is 0.779. The lowest BCUT2D eigenvalue weighted by Crippen LogP contribution is -2.42. The SMILES string of the molecule is CN1CC(=O)OB(CC=CCCCCOC(=O)c2ccccc2)OC(=O)C1. The quantitative estimate of drug-likeness (QED) is 0.299. The van der Waals surface area contributed by atoms with Gasteiger partial charge in [-0.15, -0.1) is 0 Å². The van der Waals surface area contributed by atoms with Crippen molar-refractivity contribution in [1.82, 2.24) is 4.90 Å². The number of ether oxygens (including phenoxy) is 1. The predicted molar refractivity (Wildman–Crippen MR) is 100.0 cm³/mol. The molecule has 0 aromatic heterocycles. The van der Waals surface area contributed by atoms with Gasteiger partial charge in [0.05, 0.1) is 25.3 Å². The monoisotopic (exact) mass is 373 g/mol. The minimum Gasteiger partial charge on any atom is -0.498 e. The van der Waals surface area contributed by atoms with Gasteiger partial charge in [-0.25, -0.2) is 4.79 Å². The van der Waals surface area contributed by atoms with Crippen molar-refractivity contribution in [2.45, 2.75) is 25.6 Å². The average molecular weight is 373 g/mol. The molecule has 1 fully saturated rings. The van der Waals surface area contributed by atoms with E-state index in [0.717, 1.165) is 19.3 Å². The Hall–Kier alpha value is -2.61. The average Bonchev–Trinajstić information content (AvgIpc) is 2.62. The largest absolute Gasteiger partial charge is 0.602 e. The predicted octanol–water partition coefficient (Wildman–Crippen LogP) is 2.09. The molecule has 0 aliphatic carbocycles. The van der Waals surface area contributed by atoms with Crippen molar-refractivity contribution < 1.29 is 28.4 Å². The number of hydrogen-bond donors (Lipinski definition) is 0. The molecule has 2 rings (SSSR count). The van der Waals surface area contributed by atoms with Gasteiger partial charge in [-0.3, -0.25) is 14.5 Å². The second-order valence-electron chi connectivity index (χ2n) is 6.29. The van der Waals surface area contributed by atoms with Crippen LogP contribution >= 0.6 is 0 Å². The van der Waals surface area contributed by atoms with Crippen molar-refractivity contribution >= 4 is 25.0 Å². The maximum absolute atomic E-state index is 11.8. The highest BCUT2D eigenvalue weighted by atomic mass is 16.6. The number of unbranched alkanes of at least 4 members (excludes halogenated alkanes) is 2. The summed E-state index contributed by atoms with van der Waals surface area (Å²) in [6, 6.07) is 8.88. The van der Waals surface area contributed by atoms with Crippen LogP contribution in [-0.2, 0) is 23.6 Å². The fourth-order valence-corrected chi connectivity index (χ4v) is 2.50. The van der Waals surface area contributed by atoms with E-state index < -0.39 is 19.1 Å². The lowest BCUT2D eigenvalue weighted by Gasteiger charge is -2.21. The van der Waals surface area contributed by atoms with Crippen molar-refractivity contribution in [3.05, 3.63) is 48.0 Å². The highest BCUT2D eigenvalue weighted by Crippen LogP contribution is 2.07. The van der Waals surface area contributed by atoms with E-state index in [1.54, 1.807) is 36.2 Å². The normalized spacial score (nSPS) is 15.8. The van der Waals surface area contributed by atoms with E-state index in [0.29, 0.717) is 18.5 Å². The summed E-state index contributed by atoms with van der Waals surface area (Å²) in [5.41, 5.74) is 0.548. The molecule has 1 aromatic carbocycles. The van der Waals surface area contributed by atoms with Crippen LogP contribution in [0.2, 0.25) is 6.32 Å². The molecular weight excluding hydrogens is 349 g/mol. The van der Waals surface area contributed by atoms with Gasteiger partial charge in [-0.2, -0.15) is 0 Å². The molecule has 0 bridgehead atoms. The van der Waals surface area contributed by atoms with Crippen LogP contribution in [0.3, 0.4) is 0 Å². The molecule has 0 unspecified atom stereocenters. The molecule has 27 heavy (non-hydrogen) atoms. The van der Waals surface area contributed by atoms with Crippen molar-refractivity contribution in [1.29, 1.82) is 0 Å². The zero-order chi connectivity index (χ0) is 19.5. The van der Waals surface area contributed by atoms with Crippen LogP contribution in [0.15, 0.2) is 42.5 Å². The first-order chi connectivity index (χ1) is 13.0. The Kier molecular flexibility index (Phi) is 8.57. The highest BCUT2D eigenvalue weighted by Gasteiger charge is 2.30. The number of allylic oxidation sites excluding steroid dienone is 2. The number of esters is 1. The van der Waals surface area contributed by atoms with E-state index in [4.69, 9.17) is 14.0 Å². The van der Waals surface area contributed by atoms with Crippen LogP contribution in [-0.4, -0.2) is 56.7 Å². The summed E-state index contributed by atoms with van der Waals surface area (Å²) >= 11 is 0. The van der Waals surface area contributed by atoms with Gasteiger partial charge in [0.15, 0.2) is 0 Å². The molecule has 0 spiro atoms. The standard InChI is InChI=1S/C19H24BNO6/c1-21-14-17(22)26-20(27-18(23)15-21)12-8-3-2-4-9-13-25-19(24)16-10-6-5-7-11-16/h3,5-8,10-11H,2,4,9,12-15H2,1H3. The van der Waals surface area contributed by atoms with Crippen LogP contribution in [0.5, 0.6) is 0 Å². The van der Waals surface area contributed by atoms with E-state index >= 15 is 0 Å². The van der Waals surface area contributed by atoms with Crippen LogP contribution in [0.4, 0.5) is 0 Å². The molecule has 0 saturated carbocycles. The molecule has 0 atom stereocenters. The maximum Gasteiger partial charge on any atom is 0.602 e. The summed E-state index contributed by atoms with van der Waals surface area (Å²) in [4.78, 5) is 36.5. The first-order valence-electron chi connectivity index (χ1n) is 8.99. The molecule has 144 valence electrons. The zero-order valence-electron chi connectivity index (χ0n) is 15.5. The van der Waals surface area contributed by atoms with Crippen molar-refractivity contribution in [3.8, 4) is 0 Å². The van der Waals surface area contributed by atoms with Crippen LogP contribution in [0, 0.1) is 0 Å². The highest BCUT2D eigenvalue weighted by molar-refractivity contribution is 6.49. The minimum atomic E-state index is -0.873. The molecule has 0 radical (unpaired) electrons. The summed E-state index contributed by atoms with van der Waals surface area (Å²) in [6.07, 6.45) is 6.48. The summed E-state index contributed by atoms with van der Waals surface area (Å²) in [6.45, 7) is 0.501.